The average Bonchev–Trinajstić information content (AvgIpc) is 2.46. The van der Waals surface area contributed by atoms with E-state index in [4.69, 9.17) is 4.74 Å². The number of halogens is 1. The molecule has 2 aromatic carbocycles. The van der Waals surface area contributed by atoms with E-state index in [9.17, 15) is 14.3 Å². The normalized spacial score (nSPS) is 11.8. The molecule has 0 aliphatic rings. The molecule has 0 saturated carbocycles. The number of carboxylic acids is 1. The predicted molar refractivity (Wildman–Crippen MR) is 78.1 cm³/mol. The molecular formula is C16H16FNO3. The van der Waals surface area contributed by atoms with Crippen molar-refractivity contribution in [3.63, 3.8) is 0 Å². The number of carbonyl (C=O) groups is 1. The Kier molecular flexibility index (Phi) is 4.42. The van der Waals surface area contributed by atoms with Crippen molar-refractivity contribution in [2.24, 2.45) is 0 Å². The SMILES string of the molecule is COc1ccc(C(Nc2ccccc2C)C(=O)O)cc1F. The Hall–Kier alpha value is -2.56. The number of benzene rings is 2. The van der Waals surface area contributed by atoms with Gasteiger partial charge in [-0.3, -0.25) is 0 Å². The second-order valence-corrected chi connectivity index (χ2v) is 4.62. The van der Waals surface area contributed by atoms with Crippen molar-refractivity contribution in [1.82, 2.24) is 0 Å². The molecule has 4 nitrogen and oxygen atoms in total. The first-order chi connectivity index (χ1) is 10.0. The number of hydrogen-bond donors (Lipinski definition) is 2. The third-order valence-corrected chi connectivity index (χ3v) is 3.20. The maximum atomic E-state index is 13.7. The molecule has 0 fully saturated rings. The van der Waals surface area contributed by atoms with E-state index in [0.717, 1.165) is 5.56 Å². The van der Waals surface area contributed by atoms with Gasteiger partial charge in [0.05, 0.1) is 7.11 Å². The van der Waals surface area contributed by atoms with E-state index in [-0.39, 0.29) is 5.75 Å². The third kappa shape index (κ3) is 3.31. The van der Waals surface area contributed by atoms with Gasteiger partial charge in [0.1, 0.15) is 0 Å². The number of ether oxygens (including phenoxy) is 1. The zero-order valence-corrected chi connectivity index (χ0v) is 11.8. The molecule has 0 aromatic heterocycles. The van der Waals surface area contributed by atoms with Crippen molar-refractivity contribution in [1.29, 1.82) is 0 Å². The molecule has 0 heterocycles. The van der Waals surface area contributed by atoms with Crippen LogP contribution in [0.15, 0.2) is 42.5 Å². The van der Waals surface area contributed by atoms with Crippen LogP contribution in [0.5, 0.6) is 5.75 Å². The number of nitrogens with one attached hydrogen (secondary N) is 1. The second-order valence-electron chi connectivity index (χ2n) is 4.62. The number of para-hydroxylation sites is 1. The summed E-state index contributed by atoms with van der Waals surface area (Å²) in [4.78, 5) is 11.5. The average molecular weight is 289 g/mol. The number of aliphatic carboxylic acids is 1. The smallest absolute Gasteiger partial charge is 0.330 e. The summed E-state index contributed by atoms with van der Waals surface area (Å²) in [5, 5.41) is 12.3. The molecule has 110 valence electrons. The summed E-state index contributed by atoms with van der Waals surface area (Å²) in [5.41, 5.74) is 1.93. The Morgan fingerprint density at radius 2 is 2.00 bits per heavy atom. The Balaban J connectivity index is 2.34. The van der Waals surface area contributed by atoms with Gasteiger partial charge < -0.3 is 15.2 Å². The summed E-state index contributed by atoms with van der Waals surface area (Å²) < 4.78 is 18.6. The van der Waals surface area contributed by atoms with Gasteiger partial charge in [-0.2, -0.15) is 0 Å². The summed E-state index contributed by atoms with van der Waals surface area (Å²) >= 11 is 0. The predicted octanol–water partition coefficient (Wildman–Crippen LogP) is 3.38. The Morgan fingerprint density at radius 3 is 2.57 bits per heavy atom. The van der Waals surface area contributed by atoms with Gasteiger partial charge in [-0.25, -0.2) is 9.18 Å². The number of rotatable bonds is 5. The van der Waals surface area contributed by atoms with Gasteiger partial charge in [0.15, 0.2) is 17.6 Å². The van der Waals surface area contributed by atoms with Crippen LogP contribution >= 0.6 is 0 Å². The van der Waals surface area contributed by atoms with Crippen LogP contribution in [0.25, 0.3) is 0 Å². The van der Waals surface area contributed by atoms with Crippen LogP contribution < -0.4 is 10.1 Å². The Morgan fingerprint density at radius 1 is 1.29 bits per heavy atom. The molecule has 0 radical (unpaired) electrons. The fourth-order valence-electron chi connectivity index (χ4n) is 2.04. The molecule has 1 unspecified atom stereocenters. The molecule has 0 saturated heterocycles. The molecule has 0 amide bonds. The lowest BCUT2D eigenvalue weighted by Gasteiger charge is -2.18. The lowest BCUT2D eigenvalue weighted by Crippen LogP contribution is -2.21. The molecule has 2 aromatic rings. The van der Waals surface area contributed by atoms with Gasteiger partial charge in [0, 0.05) is 5.69 Å². The van der Waals surface area contributed by atoms with Gasteiger partial charge >= 0.3 is 5.97 Å². The van der Waals surface area contributed by atoms with Crippen LogP contribution in [0.3, 0.4) is 0 Å². The quantitative estimate of drug-likeness (QED) is 0.886. The topological polar surface area (TPSA) is 58.6 Å². The number of hydrogen-bond acceptors (Lipinski definition) is 3. The molecule has 5 heteroatoms. The summed E-state index contributed by atoms with van der Waals surface area (Å²) in [7, 11) is 1.36. The van der Waals surface area contributed by atoms with E-state index in [1.54, 1.807) is 6.07 Å². The van der Waals surface area contributed by atoms with E-state index >= 15 is 0 Å². The van der Waals surface area contributed by atoms with Crippen LogP contribution in [-0.4, -0.2) is 18.2 Å². The third-order valence-electron chi connectivity index (χ3n) is 3.20. The van der Waals surface area contributed by atoms with Crippen LogP contribution in [0.4, 0.5) is 10.1 Å². The van der Waals surface area contributed by atoms with Gasteiger partial charge in [-0.05, 0) is 36.2 Å². The lowest BCUT2D eigenvalue weighted by molar-refractivity contribution is -0.138. The first-order valence-corrected chi connectivity index (χ1v) is 6.41. The monoisotopic (exact) mass is 289 g/mol. The maximum Gasteiger partial charge on any atom is 0.330 e. The van der Waals surface area contributed by atoms with Gasteiger partial charge in [0.2, 0.25) is 0 Å². The first-order valence-electron chi connectivity index (χ1n) is 6.41. The molecule has 0 spiro atoms. The highest BCUT2D eigenvalue weighted by atomic mass is 19.1. The lowest BCUT2D eigenvalue weighted by atomic mass is 10.1. The number of carboxylic acid groups (broad SMARTS) is 1. The molecule has 0 bridgehead atoms. The molecule has 0 aliphatic carbocycles. The molecule has 2 rings (SSSR count). The van der Waals surface area contributed by atoms with Crippen molar-refractivity contribution in [2.75, 3.05) is 12.4 Å². The van der Waals surface area contributed by atoms with E-state index < -0.39 is 17.8 Å². The minimum absolute atomic E-state index is 0.0822. The minimum Gasteiger partial charge on any atom is -0.494 e. The molecular weight excluding hydrogens is 273 g/mol. The zero-order valence-electron chi connectivity index (χ0n) is 11.8. The van der Waals surface area contributed by atoms with Crippen LogP contribution in [0.1, 0.15) is 17.2 Å². The van der Waals surface area contributed by atoms with Crippen molar-refractivity contribution in [2.45, 2.75) is 13.0 Å². The summed E-state index contributed by atoms with van der Waals surface area (Å²) in [5.74, 6) is -1.59. The van der Waals surface area contributed by atoms with E-state index in [2.05, 4.69) is 5.32 Å². The first kappa shape index (κ1) is 14.8. The van der Waals surface area contributed by atoms with Gasteiger partial charge in [0.25, 0.3) is 0 Å². The van der Waals surface area contributed by atoms with Crippen LogP contribution in [-0.2, 0) is 4.79 Å². The van der Waals surface area contributed by atoms with Crippen LogP contribution in [0, 0.1) is 12.7 Å². The van der Waals surface area contributed by atoms with Crippen LogP contribution in [0.2, 0.25) is 0 Å². The van der Waals surface area contributed by atoms with Crippen molar-refractivity contribution < 1.29 is 19.0 Å². The number of anilines is 1. The highest BCUT2D eigenvalue weighted by Crippen LogP contribution is 2.26. The molecule has 0 aliphatic heterocycles. The minimum atomic E-state index is -1.08. The standard InChI is InChI=1S/C16H16FNO3/c1-10-5-3-4-6-13(10)18-15(16(19)20)11-7-8-14(21-2)12(17)9-11/h3-9,15,18H,1-2H3,(H,19,20). The Labute approximate surface area is 122 Å². The van der Waals surface area contributed by atoms with Gasteiger partial charge in [-0.1, -0.05) is 24.3 Å². The fourth-order valence-corrected chi connectivity index (χ4v) is 2.04. The molecule has 21 heavy (non-hydrogen) atoms. The zero-order chi connectivity index (χ0) is 15.4. The van der Waals surface area contributed by atoms with Gasteiger partial charge in [-0.15, -0.1) is 0 Å². The number of aryl methyl sites for hydroxylation is 1. The highest BCUT2D eigenvalue weighted by Gasteiger charge is 2.21. The number of methoxy groups -OCH3 is 1. The van der Waals surface area contributed by atoms with E-state index in [1.165, 1.54) is 25.3 Å². The second kappa shape index (κ2) is 6.26. The van der Waals surface area contributed by atoms with Crippen molar-refractivity contribution in [3.05, 3.63) is 59.4 Å². The van der Waals surface area contributed by atoms with Crippen molar-refractivity contribution in [3.8, 4) is 5.75 Å². The van der Waals surface area contributed by atoms with Crippen molar-refractivity contribution >= 4 is 11.7 Å². The maximum absolute atomic E-state index is 13.7. The Bertz CT molecular complexity index is 658. The van der Waals surface area contributed by atoms with E-state index in [0.29, 0.717) is 11.3 Å². The summed E-state index contributed by atoms with van der Waals surface area (Å²) in [6.07, 6.45) is 0. The highest BCUT2D eigenvalue weighted by molar-refractivity contribution is 5.79. The largest absolute Gasteiger partial charge is 0.494 e. The van der Waals surface area contributed by atoms with E-state index in [1.807, 2.05) is 25.1 Å². The molecule has 2 N–H and O–H groups in total. The fraction of sp³-hybridized carbons (Fsp3) is 0.188. The summed E-state index contributed by atoms with van der Waals surface area (Å²) in [6.45, 7) is 1.87. The summed E-state index contributed by atoms with van der Waals surface area (Å²) in [6, 6.07) is 10.4. The molecule has 1 atom stereocenters.